The Morgan fingerprint density at radius 2 is 2.33 bits per heavy atom. The summed E-state index contributed by atoms with van der Waals surface area (Å²) in [4.78, 5) is 5.97. The molecule has 1 aliphatic heterocycles. The molecule has 1 fully saturated rings. The van der Waals surface area contributed by atoms with E-state index in [0.717, 1.165) is 13.0 Å². The smallest absolute Gasteiger partial charge is 0.0946 e. The van der Waals surface area contributed by atoms with Crippen molar-refractivity contribution in [2.45, 2.75) is 58.1 Å². The Hall–Kier alpha value is -0.450. The van der Waals surface area contributed by atoms with Crippen molar-refractivity contribution in [3.63, 3.8) is 0 Å². The zero-order chi connectivity index (χ0) is 13.0. The molecule has 1 aromatic heterocycles. The summed E-state index contributed by atoms with van der Waals surface area (Å²) in [5.41, 5.74) is 1.18. The molecule has 0 bridgehead atoms. The van der Waals surface area contributed by atoms with E-state index in [-0.39, 0.29) is 0 Å². The van der Waals surface area contributed by atoms with E-state index in [2.05, 4.69) is 24.1 Å². The normalized spacial score (nSPS) is 21.4. The Morgan fingerprint density at radius 3 is 2.89 bits per heavy atom. The lowest BCUT2D eigenvalue weighted by Gasteiger charge is -2.17. The van der Waals surface area contributed by atoms with Gasteiger partial charge >= 0.3 is 0 Å². The van der Waals surface area contributed by atoms with Gasteiger partial charge in [-0.15, -0.1) is 11.3 Å². The molecular weight excluding hydrogens is 244 g/mol. The molecule has 4 heteroatoms. The summed E-state index contributed by atoms with van der Waals surface area (Å²) >= 11 is 1.83. The van der Waals surface area contributed by atoms with Crippen molar-refractivity contribution in [2.24, 2.45) is 0 Å². The van der Waals surface area contributed by atoms with Gasteiger partial charge in [-0.05, 0) is 46.6 Å². The highest BCUT2D eigenvalue weighted by Crippen LogP contribution is 2.21. The fraction of sp³-hybridized carbons (Fsp3) is 0.786. The van der Waals surface area contributed by atoms with Crippen molar-refractivity contribution in [1.82, 2.24) is 10.3 Å². The summed E-state index contributed by atoms with van der Waals surface area (Å²) in [6.07, 6.45) is 6.38. The molecule has 3 nitrogen and oxygen atoms in total. The van der Waals surface area contributed by atoms with Crippen LogP contribution < -0.4 is 5.32 Å². The molecule has 0 saturated carbocycles. The van der Waals surface area contributed by atoms with Crippen LogP contribution in [0.3, 0.4) is 0 Å². The Labute approximate surface area is 114 Å². The van der Waals surface area contributed by atoms with Crippen molar-refractivity contribution in [3.05, 3.63) is 15.6 Å². The quantitative estimate of drug-likeness (QED) is 0.861. The first-order valence-electron chi connectivity index (χ1n) is 6.91. The van der Waals surface area contributed by atoms with Gasteiger partial charge in [-0.2, -0.15) is 0 Å². The maximum atomic E-state index is 5.68. The molecule has 2 unspecified atom stereocenters. The maximum absolute atomic E-state index is 5.68. The molecule has 2 rings (SSSR count). The minimum absolute atomic E-state index is 0.501. The molecule has 0 aliphatic carbocycles. The summed E-state index contributed by atoms with van der Waals surface area (Å²) < 4.78 is 5.68. The Bertz CT molecular complexity index is 352. The summed E-state index contributed by atoms with van der Waals surface area (Å²) in [6.45, 7) is 5.20. The molecule has 1 N–H and O–H groups in total. The van der Waals surface area contributed by atoms with Gasteiger partial charge in [-0.3, -0.25) is 0 Å². The highest BCUT2D eigenvalue weighted by Gasteiger charge is 2.18. The lowest BCUT2D eigenvalue weighted by atomic mass is 10.0. The van der Waals surface area contributed by atoms with Crippen LogP contribution in [0.25, 0.3) is 0 Å². The average Bonchev–Trinajstić information content (AvgIpc) is 2.96. The molecule has 102 valence electrons. The minimum atomic E-state index is 0.501. The van der Waals surface area contributed by atoms with E-state index in [9.17, 15) is 0 Å². The maximum Gasteiger partial charge on any atom is 0.0946 e. The number of thiazole rings is 1. The highest BCUT2D eigenvalue weighted by atomic mass is 32.1. The predicted molar refractivity (Wildman–Crippen MR) is 76.3 cm³/mol. The molecule has 0 spiro atoms. The monoisotopic (exact) mass is 268 g/mol. The number of hydrogen-bond acceptors (Lipinski definition) is 4. The second-order valence-corrected chi connectivity index (χ2v) is 6.44. The molecule has 0 radical (unpaired) electrons. The fourth-order valence-electron chi connectivity index (χ4n) is 2.44. The van der Waals surface area contributed by atoms with E-state index in [1.807, 2.05) is 18.4 Å². The molecule has 1 aliphatic rings. The van der Waals surface area contributed by atoms with Crippen LogP contribution in [0, 0.1) is 13.8 Å². The van der Waals surface area contributed by atoms with Crippen LogP contribution in [0.2, 0.25) is 0 Å². The van der Waals surface area contributed by atoms with E-state index >= 15 is 0 Å². The fourth-order valence-corrected chi connectivity index (χ4v) is 3.46. The van der Waals surface area contributed by atoms with Gasteiger partial charge in [-0.1, -0.05) is 0 Å². The highest BCUT2D eigenvalue weighted by molar-refractivity contribution is 7.11. The van der Waals surface area contributed by atoms with E-state index in [1.54, 1.807) is 0 Å². The van der Waals surface area contributed by atoms with E-state index in [4.69, 9.17) is 4.74 Å². The summed E-state index contributed by atoms with van der Waals surface area (Å²) in [5, 5.41) is 4.68. The van der Waals surface area contributed by atoms with Gasteiger partial charge in [0, 0.05) is 23.9 Å². The van der Waals surface area contributed by atoms with Gasteiger partial charge in [0.25, 0.3) is 0 Å². The van der Waals surface area contributed by atoms with Gasteiger partial charge < -0.3 is 10.1 Å². The topological polar surface area (TPSA) is 34.1 Å². The van der Waals surface area contributed by atoms with Crippen molar-refractivity contribution in [1.29, 1.82) is 0 Å². The van der Waals surface area contributed by atoms with Crippen LogP contribution in [0.5, 0.6) is 0 Å². The predicted octanol–water partition coefficient (Wildman–Crippen LogP) is 2.85. The second-order valence-electron chi connectivity index (χ2n) is 5.15. The number of nitrogens with one attached hydrogen (secondary N) is 1. The summed E-state index contributed by atoms with van der Waals surface area (Å²) in [7, 11) is 2.05. The molecule has 1 saturated heterocycles. The third-order valence-electron chi connectivity index (χ3n) is 3.76. The summed E-state index contributed by atoms with van der Waals surface area (Å²) in [6, 6.07) is 0.527. The number of hydrogen-bond donors (Lipinski definition) is 1. The second kappa shape index (κ2) is 6.64. The van der Waals surface area contributed by atoms with Gasteiger partial charge in [0.2, 0.25) is 0 Å². The van der Waals surface area contributed by atoms with Gasteiger partial charge in [-0.25, -0.2) is 4.98 Å². The van der Waals surface area contributed by atoms with Crippen molar-refractivity contribution in [3.8, 4) is 0 Å². The van der Waals surface area contributed by atoms with Gasteiger partial charge in [0.1, 0.15) is 0 Å². The molecule has 18 heavy (non-hydrogen) atoms. The third-order valence-corrected chi connectivity index (χ3v) is 4.86. The van der Waals surface area contributed by atoms with Crippen LogP contribution >= 0.6 is 11.3 Å². The zero-order valence-electron chi connectivity index (χ0n) is 11.7. The minimum Gasteiger partial charge on any atom is -0.378 e. The number of nitrogens with zero attached hydrogens (tertiary/aromatic N) is 1. The Kier molecular flexibility index (Phi) is 5.15. The lowest BCUT2D eigenvalue weighted by Crippen LogP contribution is -2.28. The van der Waals surface area contributed by atoms with Crippen molar-refractivity contribution >= 4 is 11.3 Å². The van der Waals surface area contributed by atoms with Crippen molar-refractivity contribution in [2.75, 3.05) is 13.7 Å². The molecule has 2 atom stereocenters. The van der Waals surface area contributed by atoms with E-state index in [0.29, 0.717) is 12.1 Å². The van der Waals surface area contributed by atoms with Crippen LogP contribution in [0.1, 0.15) is 41.3 Å². The molecule has 1 aromatic rings. The van der Waals surface area contributed by atoms with Crippen LogP contribution in [-0.4, -0.2) is 30.8 Å². The van der Waals surface area contributed by atoms with E-state index < -0.39 is 0 Å². The average molecular weight is 268 g/mol. The molecular formula is C14H24N2OS. The van der Waals surface area contributed by atoms with Gasteiger partial charge in [0.15, 0.2) is 0 Å². The number of ether oxygens (including phenoxy) is 1. The molecule has 0 aromatic carbocycles. The number of aryl methyl sites for hydroxylation is 2. The van der Waals surface area contributed by atoms with Crippen LogP contribution in [0.15, 0.2) is 0 Å². The first kappa shape index (κ1) is 14.0. The molecule has 0 amide bonds. The number of likely N-dealkylation sites (N-methyl/N-ethyl adjacent to an activating group) is 1. The van der Waals surface area contributed by atoms with Crippen molar-refractivity contribution < 1.29 is 4.74 Å². The first-order chi connectivity index (χ1) is 8.69. The standard InChI is InChI=1S/C14H24N2OS/c1-10-11(2)18-14(16-10)9-12(15-3)6-7-13-5-4-8-17-13/h12-13,15H,4-9H2,1-3H3. The Balaban J connectivity index is 1.80. The molecule has 2 heterocycles. The third kappa shape index (κ3) is 3.77. The lowest BCUT2D eigenvalue weighted by molar-refractivity contribution is 0.0998. The van der Waals surface area contributed by atoms with Crippen LogP contribution in [0.4, 0.5) is 0 Å². The van der Waals surface area contributed by atoms with Crippen LogP contribution in [-0.2, 0) is 11.2 Å². The Morgan fingerprint density at radius 1 is 1.50 bits per heavy atom. The van der Waals surface area contributed by atoms with Gasteiger partial charge in [0.05, 0.1) is 16.8 Å². The SMILES string of the molecule is CNC(CCC1CCCO1)Cc1nc(C)c(C)s1. The summed E-state index contributed by atoms with van der Waals surface area (Å²) in [5.74, 6) is 0. The van der Waals surface area contributed by atoms with E-state index in [1.165, 1.54) is 41.3 Å². The zero-order valence-corrected chi connectivity index (χ0v) is 12.5. The first-order valence-corrected chi connectivity index (χ1v) is 7.72. The number of rotatable bonds is 6. The number of aromatic nitrogens is 1. The largest absolute Gasteiger partial charge is 0.378 e.